The lowest BCUT2D eigenvalue weighted by Gasteiger charge is -2.18. The molecule has 0 saturated carbocycles. The molecule has 0 aliphatic carbocycles. The van der Waals surface area contributed by atoms with E-state index < -0.39 is 0 Å². The van der Waals surface area contributed by atoms with Crippen LogP contribution in [0.1, 0.15) is 45.1 Å². The number of nitrogens with one attached hydrogen (secondary N) is 2. The van der Waals surface area contributed by atoms with E-state index in [4.69, 9.17) is 4.74 Å². The molecule has 6 heteroatoms. The van der Waals surface area contributed by atoms with Crippen molar-refractivity contribution < 1.29 is 9.53 Å². The molecule has 1 unspecified atom stereocenters. The van der Waals surface area contributed by atoms with Crippen molar-refractivity contribution in [1.82, 2.24) is 15.5 Å². The van der Waals surface area contributed by atoms with Crippen LogP contribution < -0.4 is 15.4 Å². The van der Waals surface area contributed by atoms with Crippen LogP contribution in [0.25, 0.3) is 0 Å². The van der Waals surface area contributed by atoms with Gasteiger partial charge in [0.2, 0.25) is 5.91 Å². The number of benzene rings is 1. The molecule has 2 rings (SSSR count). The molecule has 1 aliphatic rings. The minimum atomic E-state index is 0.226. The lowest BCUT2D eigenvalue weighted by atomic mass is 10.1. The third kappa shape index (κ3) is 7.12. The molecular weight excluding hydrogens is 340 g/mol. The Labute approximate surface area is 163 Å². The second kappa shape index (κ2) is 11.5. The van der Waals surface area contributed by atoms with Crippen molar-refractivity contribution in [3.05, 3.63) is 29.8 Å². The van der Waals surface area contributed by atoms with Crippen LogP contribution in [-0.2, 0) is 11.2 Å². The highest BCUT2D eigenvalue weighted by atomic mass is 16.5. The van der Waals surface area contributed by atoms with Crippen molar-refractivity contribution in [2.24, 2.45) is 4.99 Å². The van der Waals surface area contributed by atoms with Gasteiger partial charge in [-0.15, -0.1) is 0 Å². The average molecular weight is 375 g/mol. The van der Waals surface area contributed by atoms with Gasteiger partial charge in [-0.05, 0) is 37.0 Å². The van der Waals surface area contributed by atoms with Crippen LogP contribution in [0.15, 0.2) is 29.3 Å². The molecule has 0 aromatic heterocycles. The van der Waals surface area contributed by atoms with Crippen LogP contribution in [-0.4, -0.2) is 56.1 Å². The minimum Gasteiger partial charge on any atom is -0.494 e. The minimum absolute atomic E-state index is 0.226. The monoisotopic (exact) mass is 374 g/mol. The standard InChI is InChI=1S/C21H34N4O2/c1-4-6-15-27-19-9-7-17(8-10-19)11-13-23-21(22-3)24-18-12-14-25(16-18)20(26)5-2/h7-10,18H,4-6,11-16H2,1-3H3,(H2,22,23,24). The van der Waals surface area contributed by atoms with Gasteiger partial charge >= 0.3 is 0 Å². The number of carbonyl (C=O) groups is 1. The number of ether oxygens (including phenoxy) is 1. The lowest BCUT2D eigenvalue weighted by Crippen LogP contribution is -2.45. The molecule has 0 radical (unpaired) electrons. The van der Waals surface area contributed by atoms with Gasteiger partial charge in [0.05, 0.1) is 6.61 Å². The van der Waals surface area contributed by atoms with E-state index in [1.165, 1.54) is 5.56 Å². The quantitative estimate of drug-likeness (QED) is 0.396. The first-order valence-corrected chi connectivity index (χ1v) is 10.1. The van der Waals surface area contributed by atoms with E-state index in [1.54, 1.807) is 7.05 Å². The normalized spacial score (nSPS) is 17.1. The number of likely N-dealkylation sites (tertiary alicyclic amines) is 1. The van der Waals surface area contributed by atoms with Gasteiger partial charge in [0.1, 0.15) is 5.75 Å². The molecule has 27 heavy (non-hydrogen) atoms. The van der Waals surface area contributed by atoms with Crippen LogP contribution in [0.5, 0.6) is 5.75 Å². The van der Waals surface area contributed by atoms with Gasteiger partial charge in [-0.1, -0.05) is 32.4 Å². The zero-order valence-corrected chi connectivity index (χ0v) is 17.0. The van der Waals surface area contributed by atoms with Crippen molar-refractivity contribution in [2.75, 3.05) is 33.3 Å². The van der Waals surface area contributed by atoms with E-state index in [0.717, 1.165) is 63.6 Å². The van der Waals surface area contributed by atoms with Crippen LogP contribution in [0, 0.1) is 0 Å². The van der Waals surface area contributed by atoms with Gasteiger partial charge in [0, 0.05) is 39.1 Å². The first kappa shape index (κ1) is 21.1. The maximum atomic E-state index is 11.8. The zero-order valence-electron chi connectivity index (χ0n) is 17.0. The summed E-state index contributed by atoms with van der Waals surface area (Å²) >= 11 is 0. The van der Waals surface area contributed by atoms with Crippen LogP contribution in [0.2, 0.25) is 0 Å². The smallest absolute Gasteiger partial charge is 0.222 e. The van der Waals surface area contributed by atoms with Crippen LogP contribution in [0.3, 0.4) is 0 Å². The third-order valence-corrected chi connectivity index (χ3v) is 4.80. The number of rotatable bonds is 9. The van der Waals surface area contributed by atoms with E-state index in [1.807, 2.05) is 24.0 Å². The molecule has 0 spiro atoms. The second-order valence-corrected chi connectivity index (χ2v) is 6.92. The molecule has 1 fully saturated rings. The number of hydrogen-bond donors (Lipinski definition) is 2. The molecule has 1 aliphatic heterocycles. The fraction of sp³-hybridized carbons (Fsp3) is 0.619. The fourth-order valence-corrected chi connectivity index (χ4v) is 3.13. The van der Waals surface area contributed by atoms with E-state index in [2.05, 4.69) is 34.7 Å². The summed E-state index contributed by atoms with van der Waals surface area (Å²) in [6, 6.07) is 8.58. The Morgan fingerprint density at radius 1 is 1.30 bits per heavy atom. The summed E-state index contributed by atoms with van der Waals surface area (Å²) in [7, 11) is 1.78. The molecule has 1 atom stereocenters. The first-order valence-electron chi connectivity index (χ1n) is 10.1. The average Bonchev–Trinajstić information content (AvgIpc) is 3.16. The van der Waals surface area contributed by atoms with Crippen LogP contribution in [0.4, 0.5) is 0 Å². The Morgan fingerprint density at radius 3 is 2.74 bits per heavy atom. The Kier molecular flexibility index (Phi) is 8.95. The first-order chi connectivity index (χ1) is 13.2. The third-order valence-electron chi connectivity index (χ3n) is 4.80. The molecule has 150 valence electrons. The van der Waals surface area contributed by atoms with Crippen molar-refractivity contribution in [3.63, 3.8) is 0 Å². The summed E-state index contributed by atoms with van der Waals surface area (Å²) in [4.78, 5) is 18.0. The topological polar surface area (TPSA) is 66.0 Å². The largest absolute Gasteiger partial charge is 0.494 e. The summed E-state index contributed by atoms with van der Waals surface area (Å²) in [5.74, 6) is 1.96. The Hall–Kier alpha value is -2.24. The maximum absolute atomic E-state index is 11.8. The number of carbonyl (C=O) groups excluding carboxylic acids is 1. The van der Waals surface area contributed by atoms with Crippen molar-refractivity contribution in [2.45, 2.75) is 52.0 Å². The van der Waals surface area contributed by atoms with E-state index in [-0.39, 0.29) is 11.9 Å². The molecule has 1 amide bonds. The number of hydrogen-bond acceptors (Lipinski definition) is 3. The second-order valence-electron chi connectivity index (χ2n) is 6.92. The fourth-order valence-electron chi connectivity index (χ4n) is 3.13. The van der Waals surface area contributed by atoms with Gasteiger partial charge in [-0.2, -0.15) is 0 Å². The number of amides is 1. The van der Waals surface area contributed by atoms with E-state index >= 15 is 0 Å². The van der Waals surface area contributed by atoms with Crippen molar-refractivity contribution in [3.8, 4) is 5.75 Å². The number of unbranched alkanes of at least 4 members (excludes halogenated alkanes) is 1. The SMILES string of the molecule is CCCCOc1ccc(CCNC(=NC)NC2CCN(C(=O)CC)C2)cc1. The highest BCUT2D eigenvalue weighted by molar-refractivity contribution is 5.80. The highest BCUT2D eigenvalue weighted by Gasteiger charge is 2.25. The van der Waals surface area contributed by atoms with Gasteiger partial charge in [-0.3, -0.25) is 9.79 Å². The van der Waals surface area contributed by atoms with Gasteiger partial charge < -0.3 is 20.3 Å². The Morgan fingerprint density at radius 2 is 2.07 bits per heavy atom. The summed E-state index contributed by atoms with van der Waals surface area (Å²) < 4.78 is 5.70. The summed E-state index contributed by atoms with van der Waals surface area (Å²) in [5, 5.41) is 6.79. The van der Waals surface area contributed by atoms with Crippen molar-refractivity contribution >= 4 is 11.9 Å². The maximum Gasteiger partial charge on any atom is 0.222 e. The Balaban J connectivity index is 1.69. The molecule has 1 saturated heterocycles. The van der Waals surface area contributed by atoms with Crippen molar-refractivity contribution in [1.29, 1.82) is 0 Å². The predicted molar refractivity (Wildman–Crippen MR) is 110 cm³/mol. The number of nitrogens with zero attached hydrogens (tertiary/aromatic N) is 2. The van der Waals surface area contributed by atoms with Gasteiger partial charge in [0.25, 0.3) is 0 Å². The molecule has 2 N–H and O–H groups in total. The van der Waals surface area contributed by atoms with E-state index in [0.29, 0.717) is 6.42 Å². The summed E-state index contributed by atoms with van der Waals surface area (Å²) in [6.45, 7) is 7.24. The van der Waals surface area contributed by atoms with E-state index in [9.17, 15) is 4.79 Å². The number of aliphatic imine (C=N–C) groups is 1. The van der Waals surface area contributed by atoms with Gasteiger partial charge in [0.15, 0.2) is 5.96 Å². The number of guanidine groups is 1. The molecule has 1 heterocycles. The summed E-state index contributed by atoms with van der Waals surface area (Å²) in [5.41, 5.74) is 1.27. The molecule has 1 aromatic rings. The summed E-state index contributed by atoms with van der Waals surface area (Å²) in [6.07, 6.45) is 4.69. The molecular formula is C21H34N4O2. The van der Waals surface area contributed by atoms with Gasteiger partial charge in [-0.25, -0.2) is 0 Å². The Bertz CT molecular complexity index is 601. The molecule has 0 bridgehead atoms. The van der Waals surface area contributed by atoms with Crippen LogP contribution >= 0.6 is 0 Å². The molecule has 6 nitrogen and oxygen atoms in total. The highest BCUT2D eigenvalue weighted by Crippen LogP contribution is 2.13. The lowest BCUT2D eigenvalue weighted by molar-refractivity contribution is -0.129. The predicted octanol–water partition coefficient (Wildman–Crippen LogP) is 2.58. The zero-order chi connectivity index (χ0) is 19.5. The molecule has 1 aromatic carbocycles.